The molecule has 0 bridgehead atoms. The molecule has 0 aliphatic heterocycles. The van der Waals surface area contributed by atoms with Crippen molar-refractivity contribution in [2.24, 2.45) is 5.11 Å². The van der Waals surface area contributed by atoms with Crippen molar-refractivity contribution in [2.45, 2.75) is 13.0 Å². The van der Waals surface area contributed by atoms with E-state index in [1.54, 1.807) is 0 Å². The van der Waals surface area contributed by atoms with Gasteiger partial charge in [-0.05, 0) is 24.1 Å². The summed E-state index contributed by atoms with van der Waals surface area (Å²) in [6.45, 7) is -0.0659. The molecule has 0 spiro atoms. The first-order chi connectivity index (χ1) is 13.4. The van der Waals surface area contributed by atoms with Gasteiger partial charge in [0, 0.05) is 29.7 Å². The molecule has 28 heavy (non-hydrogen) atoms. The first-order valence-corrected chi connectivity index (χ1v) is 7.78. The molecule has 0 saturated heterocycles. The highest BCUT2D eigenvalue weighted by Gasteiger charge is 2.19. The van der Waals surface area contributed by atoms with Crippen molar-refractivity contribution < 1.29 is 34.2 Å². The van der Waals surface area contributed by atoms with E-state index in [9.17, 15) is 25.1 Å². The number of benzene rings is 1. The van der Waals surface area contributed by atoms with Gasteiger partial charge in [0.15, 0.2) is 0 Å². The second-order valence-electron chi connectivity index (χ2n) is 5.18. The quantitative estimate of drug-likeness (QED) is 0.124. The third-order valence-corrected chi connectivity index (χ3v) is 3.29. The van der Waals surface area contributed by atoms with Gasteiger partial charge in [0.05, 0.1) is 17.1 Å². The van der Waals surface area contributed by atoms with E-state index in [4.69, 9.17) is 15.0 Å². The number of nitro groups is 1. The van der Waals surface area contributed by atoms with Gasteiger partial charge < -0.3 is 19.7 Å². The zero-order chi connectivity index (χ0) is 20.5. The zero-order valence-corrected chi connectivity index (χ0v) is 14.3. The van der Waals surface area contributed by atoms with E-state index >= 15 is 0 Å². The Bertz CT molecular complexity index is 886. The molecule has 13 nitrogen and oxygen atoms in total. The molecule has 1 aromatic carbocycles. The number of hydrogen-bond donors (Lipinski definition) is 2. The summed E-state index contributed by atoms with van der Waals surface area (Å²) < 4.78 is 10.6. The maximum Gasteiger partial charge on any atom is 0.534 e. The lowest BCUT2D eigenvalue weighted by Gasteiger charge is -2.10. The van der Waals surface area contributed by atoms with Crippen LogP contribution in [0.15, 0.2) is 35.4 Å². The third-order valence-electron chi connectivity index (χ3n) is 3.29. The average Bonchev–Trinajstić information content (AvgIpc) is 2.98. The van der Waals surface area contributed by atoms with Crippen molar-refractivity contribution >= 4 is 11.8 Å². The minimum Gasteiger partial charge on any atom is -0.494 e. The molecule has 0 aliphatic carbocycles. The number of carbonyl (C=O) groups is 1. The number of aromatic nitrogens is 1. The van der Waals surface area contributed by atoms with E-state index in [1.165, 1.54) is 18.2 Å². The first kappa shape index (κ1) is 20.2. The predicted molar refractivity (Wildman–Crippen MR) is 91.7 cm³/mol. The lowest BCUT2D eigenvalue weighted by Crippen LogP contribution is -2.20. The van der Waals surface area contributed by atoms with Crippen LogP contribution >= 0.6 is 0 Å². The number of nitrogens with zero attached hydrogens (tertiary/aromatic N) is 5. The Hall–Kier alpha value is -4.12. The van der Waals surface area contributed by atoms with E-state index in [0.717, 1.165) is 12.1 Å². The minimum atomic E-state index is -1.31. The Morgan fingerprint density at radius 3 is 2.64 bits per heavy atom. The summed E-state index contributed by atoms with van der Waals surface area (Å²) in [5.74, 6) is -0.799. The second-order valence-corrected chi connectivity index (χ2v) is 5.18. The molecule has 1 heterocycles. The van der Waals surface area contributed by atoms with Crippen LogP contribution in [0.1, 0.15) is 12.0 Å². The maximum absolute atomic E-state index is 11.7. The minimum absolute atomic E-state index is 0.0374. The number of carbonyl (C=O) groups excluding carboxylic acids is 1. The van der Waals surface area contributed by atoms with Crippen molar-refractivity contribution in [1.29, 1.82) is 0 Å². The molecule has 2 N–H and O–H groups in total. The highest BCUT2D eigenvalue weighted by Crippen LogP contribution is 2.25. The molecule has 13 heteroatoms. The van der Waals surface area contributed by atoms with Gasteiger partial charge in [0.2, 0.25) is 11.8 Å². The summed E-state index contributed by atoms with van der Waals surface area (Å²) in [5, 5.41) is 33.3. The van der Waals surface area contributed by atoms with Crippen LogP contribution in [0.4, 0.5) is 10.5 Å². The van der Waals surface area contributed by atoms with Gasteiger partial charge >= 0.3 is 6.16 Å². The Labute approximate surface area is 157 Å². The monoisotopic (exact) mass is 393 g/mol. The van der Waals surface area contributed by atoms with Crippen LogP contribution < -0.4 is 9.57 Å². The zero-order valence-electron chi connectivity index (χ0n) is 14.3. The molecule has 2 rings (SSSR count). The highest BCUT2D eigenvalue weighted by molar-refractivity contribution is 5.61. The summed E-state index contributed by atoms with van der Waals surface area (Å²) in [5.41, 5.74) is 7.92. The van der Waals surface area contributed by atoms with Gasteiger partial charge in [0.25, 0.3) is 5.69 Å². The van der Waals surface area contributed by atoms with Gasteiger partial charge in [-0.1, -0.05) is 5.11 Å². The standard InChI is InChI=1S/C15H15N5O8/c16-18-17-6-1-7-26-11-2-3-12(20(24)25)10(8-11)9-27-15(23)28-19-13(21)4-5-14(19)22/h2-5,8,21-22H,1,6-7,9H2. The molecule has 0 fully saturated rings. The van der Waals surface area contributed by atoms with Crippen molar-refractivity contribution in [2.75, 3.05) is 13.2 Å². The molecule has 0 amide bonds. The van der Waals surface area contributed by atoms with Crippen LogP contribution in [0.3, 0.4) is 0 Å². The van der Waals surface area contributed by atoms with Crippen molar-refractivity contribution in [1.82, 2.24) is 4.73 Å². The molecule has 148 valence electrons. The number of rotatable bonds is 9. The SMILES string of the molecule is [N-]=[N+]=NCCCOc1ccc([N+](=O)[O-])c(COC(=O)On2c(O)ccc2O)c1. The number of nitro benzene ring substituents is 1. The average molecular weight is 393 g/mol. The smallest absolute Gasteiger partial charge is 0.494 e. The fourth-order valence-corrected chi connectivity index (χ4v) is 2.05. The summed E-state index contributed by atoms with van der Waals surface area (Å²) in [4.78, 5) is 29.4. The van der Waals surface area contributed by atoms with Crippen LogP contribution in [-0.2, 0) is 11.3 Å². The van der Waals surface area contributed by atoms with E-state index in [-0.39, 0.29) is 24.4 Å². The Morgan fingerprint density at radius 2 is 2.00 bits per heavy atom. The van der Waals surface area contributed by atoms with Crippen LogP contribution in [0, 0.1) is 10.1 Å². The van der Waals surface area contributed by atoms with E-state index < -0.39 is 29.4 Å². The van der Waals surface area contributed by atoms with Crippen LogP contribution in [-0.4, -0.2) is 39.2 Å². The van der Waals surface area contributed by atoms with Gasteiger partial charge in [0.1, 0.15) is 12.4 Å². The topological polar surface area (TPSA) is 182 Å². The van der Waals surface area contributed by atoms with Crippen molar-refractivity contribution in [3.05, 3.63) is 56.5 Å². The third kappa shape index (κ3) is 5.44. The number of aromatic hydroxyl groups is 2. The molecule has 1 aromatic heterocycles. The predicted octanol–water partition coefficient (Wildman–Crippen LogP) is 2.65. The van der Waals surface area contributed by atoms with E-state index in [2.05, 4.69) is 14.9 Å². The van der Waals surface area contributed by atoms with Crippen LogP contribution in [0.5, 0.6) is 17.5 Å². The van der Waals surface area contributed by atoms with Gasteiger partial charge in [-0.15, -0.1) is 4.73 Å². The molecular formula is C15H15N5O8. The van der Waals surface area contributed by atoms with E-state index in [0.29, 0.717) is 16.9 Å². The van der Waals surface area contributed by atoms with E-state index in [1.807, 2.05) is 0 Å². The molecule has 0 unspecified atom stereocenters. The van der Waals surface area contributed by atoms with Crippen LogP contribution in [0.2, 0.25) is 0 Å². The molecule has 0 saturated carbocycles. The second kappa shape index (κ2) is 9.54. The summed E-state index contributed by atoms with van der Waals surface area (Å²) >= 11 is 0. The number of azide groups is 1. The van der Waals surface area contributed by atoms with Crippen LogP contribution in [0.25, 0.3) is 10.4 Å². The van der Waals surface area contributed by atoms with Gasteiger partial charge in [-0.2, -0.15) is 0 Å². The van der Waals surface area contributed by atoms with Gasteiger partial charge in [-0.25, -0.2) is 4.79 Å². The Kier molecular flexibility index (Phi) is 6.88. The fourth-order valence-electron chi connectivity index (χ4n) is 2.05. The largest absolute Gasteiger partial charge is 0.534 e. The normalized spacial score (nSPS) is 10.0. The number of hydrogen-bond acceptors (Lipinski definition) is 9. The molecule has 2 aromatic rings. The Morgan fingerprint density at radius 1 is 1.29 bits per heavy atom. The summed E-state index contributed by atoms with van der Waals surface area (Å²) in [6.07, 6.45) is -0.861. The van der Waals surface area contributed by atoms with Crippen molar-refractivity contribution in [3.63, 3.8) is 0 Å². The summed E-state index contributed by atoms with van der Waals surface area (Å²) in [6, 6.07) is 6.05. The fraction of sp³-hybridized carbons (Fsp3) is 0.267. The van der Waals surface area contributed by atoms with Gasteiger partial charge in [-0.3, -0.25) is 15.0 Å². The lowest BCUT2D eigenvalue weighted by atomic mass is 10.2. The molecule has 0 radical (unpaired) electrons. The highest BCUT2D eigenvalue weighted by atomic mass is 16.8. The Balaban J connectivity index is 2.01. The van der Waals surface area contributed by atoms with Crippen molar-refractivity contribution in [3.8, 4) is 17.5 Å². The maximum atomic E-state index is 11.7. The molecule has 0 aliphatic rings. The molecular weight excluding hydrogens is 378 g/mol. The summed E-state index contributed by atoms with van der Waals surface area (Å²) in [7, 11) is 0. The lowest BCUT2D eigenvalue weighted by molar-refractivity contribution is -0.385. The molecule has 0 atom stereocenters. The first-order valence-electron chi connectivity index (χ1n) is 7.78. The number of ether oxygens (including phenoxy) is 2.